The Balaban J connectivity index is 4.43. The van der Waals surface area contributed by atoms with Crippen molar-refractivity contribution in [1.29, 1.82) is 0 Å². The van der Waals surface area contributed by atoms with Crippen LogP contribution < -0.4 is 0 Å². The quantitative estimate of drug-likeness (QED) is 0.261. The lowest BCUT2D eigenvalue weighted by Gasteiger charge is -2.18. The maximum atomic E-state index is 12.2. The minimum atomic E-state index is -4.63. The lowest BCUT2D eigenvalue weighted by molar-refractivity contribution is -0.152. The minimum Gasteiger partial charge on any atom is -0.260 e. The monoisotopic (exact) mass is 374 g/mol. The van der Waals surface area contributed by atoms with E-state index in [0.29, 0.717) is 19.3 Å². The van der Waals surface area contributed by atoms with Crippen molar-refractivity contribution in [2.75, 3.05) is 6.61 Å². The van der Waals surface area contributed by atoms with E-state index >= 15 is 0 Å². The molecule has 0 N–H and O–H groups in total. The molecule has 0 aromatic rings. The van der Waals surface area contributed by atoms with Crippen molar-refractivity contribution < 1.29 is 25.8 Å². The van der Waals surface area contributed by atoms with E-state index in [0.717, 1.165) is 57.8 Å². The molecule has 3 nitrogen and oxygen atoms in total. The molecule has 0 radical (unpaired) electrons. The van der Waals surface area contributed by atoms with Crippen LogP contribution in [-0.4, -0.2) is 26.5 Å². The standard InChI is InChI=1S/C17H33F3O3S/c1-3-5-7-9-10-12-14-16(13-11-8-6-4-2)24(21,22)23-15-17(18,19)20/h16H,3-15H2,1-2H3. The van der Waals surface area contributed by atoms with Crippen LogP contribution in [0.4, 0.5) is 13.2 Å². The van der Waals surface area contributed by atoms with E-state index < -0.39 is 28.2 Å². The second kappa shape index (κ2) is 13.0. The van der Waals surface area contributed by atoms with Gasteiger partial charge < -0.3 is 0 Å². The van der Waals surface area contributed by atoms with Gasteiger partial charge in [0.2, 0.25) is 0 Å². The van der Waals surface area contributed by atoms with Gasteiger partial charge in [-0.2, -0.15) is 21.6 Å². The molecule has 0 aromatic carbocycles. The number of halogens is 3. The van der Waals surface area contributed by atoms with Crippen molar-refractivity contribution in [2.24, 2.45) is 0 Å². The SMILES string of the molecule is CCCCCCCCC(CCCCCC)S(=O)(=O)OCC(F)(F)F. The molecule has 0 rings (SSSR count). The summed E-state index contributed by atoms with van der Waals surface area (Å²) in [6.45, 7) is 2.45. The highest BCUT2D eigenvalue weighted by molar-refractivity contribution is 7.87. The predicted molar refractivity (Wildman–Crippen MR) is 91.5 cm³/mol. The molecule has 0 aromatic heterocycles. The van der Waals surface area contributed by atoms with Crippen molar-refractivity contribution >= 4 is 10.1 Å². The summed E-state index contributed by atoms with van der Waals surface area (Å²) in [5.41, 5.74) is 0. The van der Waals surface area contributed by atoms with Crippen LogP contribution in [0.5, 0.6) is 0 Å². The summed E-state index contributed by atoms with van der Waals surface area (Å²) >= 11 is 0. The Kier molecular flexibility index (Phi) is 12.8. The predicted octanol–water partition coefficient (Wildman–Crippen LogP) is 5.98. The van der Waals surface area contributed by atoms with E-state index in [1.54, 1.807) is 0 Å². The summed E-state index contributed by atoms with van der Waals surface area (Å²) in [7, 11) is -4.16. The molecule has 0 bridgehead atoms. The van der Waals surface area contributed by atoms with Crippen LogP contribution >= 0.6 is 0 Å². The van der Waals surface area contributed by atoms with Crippen LogP contribution in [0.15, 0.2) is 0 Å². The molecule has 0 amide bonds. The van der Waals surface area contributed by atoms with E-state index in [9.17, 15) is 21.6 Å². The molecule has 146 valence electrons. The molecular formula is C17H33F3O3S. The summed E-state index contributed by atoms with van der Waals surface area (Å²) in [6, 6.07) is 0. The van der Waals surface area contributed by atoms with Crippen molar-refractivity contribution in [3.63, 3.8) is 0 Å². The van der Waals surface area contributed by atoms with Crippen LogP contribution in [0.1, 0.15) is 90.9 Å². The van der Waals surface area contributed by atoms with Gasteiger partial charge in [0.05, 0.1) is 5.25 Å². The summed E-state index contributed by atoms with van der Waals surface area (Å²) in [5.74, 6) is 0. The van der Waals surface area contributed by atoms with E-state index in [-0.39, 0.29) is 0 Å². The van der Waals surface area contributed by atoms with Gasteiger partial charge in [-0.15, -0.1) is 0 Å². The highest BCUT2D eigenvalue weighted by Gasteiger charge is 2.34. The van der Waals surface area contributed by atoms with Crippen LogP contribution in [0.25, 0.3) is 0 Å². The van der Waals surface area contributed by atoms with Crippen LogP contribution in [0, 0.1) is 0 Å². The molecule has 0 aliphatic carbocycles. The smallest absolute Gasteiger partial charge is 0.260 e. The first kappa shape index (κ1) is 23.7. The van der Waals surface area contributed by atoms with E-state index in [1.807, 2.05) is 0 Å². The molecule has 0 aliphatic heterocycles. The fourth-order valence-corrected chi connectivity index (χ4v) is 4.03. The Morgan fingerprint density at radius 2 is 1.21 bits per heavy atom. The summed E-state index contributed by atoms with van der Waals surface area (Å²) in [6.07, 6.45) is 5.89. The zero-order chi connectivity index (χ0) is 18.5. The summed E-state index contributed by atoms with van der Waals surface area (Å²) in [4.78, 5) is 0. The highest BCUT2D eigenvalue weighted by Crippen LogP contribution is 2.23. The van der Waals surface area contributed by atoms with Gasteiger partial charge in [0, 0.05) is 0 Å². The first-order valence-corrected chi connectivity index (χ1v) is 10.6. The van der Waals surface area contributed by atoms with Crippen LogP contribution in [0.3, 0.4) is 0 Å². The number of hydrogen-bond acceptors (Lipinski definition) is 3. The molecule has 1 atom stereocenters. The Morgan fingerprint density at radius 1 is 0.792 bits per heavy atom. The molecule has 1 unspecified atom stereocenters. The van der Waals surface area contributed by atoms with Gasteiger partial charge in [0.1, 0.15) is 0 Å². The van der Waals surface area contributed by atoms with E-state index in [2.05, 4.69) is 18.0 Å². The molecule has 0 saturated heterocycles. The van der Waals surface area contributed by atoms with Crippen LogP contribution in [-0.2, 0) is 14.3 Å². The average molecular weight is 375 g/mol. The first-order valence-electron chi connectivity index (χ1n) is 9.18. The second-order valence-electron chi connectivity index (χ2n) is 6.40. The normalized spacial score (nSPS) is 14.0. The summed E-state index contributed by atoms with van der Waals surface area (Å²) in [5, 5.41) is -0.817. The van der Waals surface area contributed by atoms with E-state index in [1.165, 1.54) is 0 Å². The van der Waals surface area contributed by atoms with Gasteiger partial charge in [-0.25, -0.2) is 0 Å². The van der Waals surface area contributed by atoms with E-state index in [4.69, 9.17) is 0 Å². The third-order valence-corrected chi connectivity index (χ3v) is 5.79. The number of rotatable bonds is 15. The van der Waals surface area contributed by atoms with Crippen molar-refractivity contribution in [1.82, 2.24) is 0 Å². The molecule has 0 heterocycles. The third-order valence-electron chi connectivity index (χ3n) is 4.05. The Labute approximate surface area is 145 Å². The average Bonchev–Trinajstić information content (AvgIpc) is 2.50. The Bertz CT molecular complexity index is 394. The highest BCUT2D eigenvalue weighted by atomic mass is 32.2. The fourth-order valence-electron chi connectivity index (χ4n) is 2.63. The largest absolute Gasteiger partial charge is 0.413 e. The molecule has 7 heteroatoms. The molecular weight excluding hydrogens is 341 g/mol. The third kappa shape index (κ3) is 13.0. The van der Waals surface area contributed by atoms with Crippen molar-refractivity contribution in [3.05, 3.63) is 0 Å². The second-order valence-corrected chi connectivity index (χ2v) is 8.29. The molecule has 0 saturated carbocycles. The number of hydrogen-bond donors (Lipinski definition) is 0. The van der Waals surface area contributed by atoms with Gasteiger partial charge >= 0.3 is 6.18 Å². The van der Waals surface area contributed by atoms with Gasteiger partial charge in [-0.05, 0) is 12.8 Å². The number of alkyl halides is 3. The molecule has 0 fully saturated rings. The van der Waals surface area contributed by atoms with Gasteiger partial charge in [-0.3, -0.25) is 4.18 Å². The van der Waals surface area contributed by atoms with Gasteiger partial charge in [0.15, 0.2) is 6.61 Å². The first-order chi connectivity index (χ1) is 11.2. The maximum absolute atomic E-state index is 12.2. The number of unbranched alkanes of at least 4 members (excludes halogenated alkanes) is 8. The van der Waals surface area contributed by atoms with Crippen molar-refractivity contribution in [2.45, 2.75) is 102 Å². The zero-order valence-corrected chi connectivity index (χ0v) is 15.9. The van der Waals surface area contributed by atoms with Crippen LogP contribution in [0.2, 0.25) is 0 Å². The van der Waals surface area contributed by atoms with Gasteiger partial charge in [-0.1, -0.05) is 78.1 Å². The Hall–Kier alpha value is -0.300. The van der Waals surface area contributed by atoms with Gasteiger partial charge in [0.25, 0.3) is 10.1 Å². The lowest BCUT2D eigenvalue weighted by atomic mass is 10.0. The fraction of sp³-hybridized carbons (Fsp3) is 1.00. The lowest BCUT2D eigenvalue weighted by Crippen LogP contribution is -2.28. The van der Waals surface area contributed by atoms with Crippen molar-refractivity contribution in [3.8, 4) is 0 Å². The molecule has 24 heavy (non-hydrogen) atoms. The summed E-state index contributed by atoms with van der Waals surface area (Å²) < 4.78 is 65.1. The Morgan fingerprint density at radius 3 is 1.67 bits per heavy atom. The minimum absolute atomic E-state index is 0.384. The molecule has 0 aliphatic rings. The maximum Gasteiger partial charge on any atom is 0.413 e. The zero-order valence-electron chi connectivity index (χ0n) is 15.0. The topological polar surface area (TPSA) is 43.4 Å². The molecule has 0 spiro atoms.